The molecular formula is C18H19F3N6O5S. The molecule has 178 valence electrons. The van der Waals surface area contributed by atoms with E-state index in [1.807, 2.05) is 0 Å². The van der Waals surface area contributed by atoms with Crippen molar-refractivity contribution < 1.29 is 38.0 Å². The Hall–Kier alpha value is -3.13. The Morgan fingerprint density at radius 3 is 2.48 bits per heavy atom. The van der Waals surface area contributed by atoms with Crippen LogP contribution in [0.4, 0.5) is 13.2 Å². The van der Waals surface area contributed by atoms with Crippen molar-refractivity contribution in [3.63, 3.8) is 0 Å². The van der Waals surface area contributed by atoms with Crippen LogP contribution in [0.15, 0.2) is 29.4 Å². The van der Waals surface area contributed by atoms with Gasteiger partial charge in [0.2, 0.25) is 5.78 Å². The second-order valence-corrected chi connectivity index (χ2v) is 7.65. The number of benzene rings is 1. The lowest BCUT2D eigenvalue weighted by Crippen LogP contribution is -2.50. The molecule has 4 atom stereocenters. The van der Waals surface area contributed by atoms with Crippen molar-refractivity contribution in [3.05, 3.63) is 52.5 Å². The maximum atomic E-state index is 13.5. The Balaban J connectivity index is 2.28. The summed E-state index contributed by atoms with van der Waals surface area (Å²) >= 11 is 0.578. The molecule has 0 bridgehead atoms. The number of hydrogen-bond acceptors (Lipinski definition) is 12. The molecular weight excluding hydrogens is 469 g/mol. The molecule has 15 heteroatoms. The Morgan fingerprint density at radius 2 is 1.94 bits per heavy atom. The molecule has 1 fully saturated rings. The van der Waals surface area contributed by atoms with Crippen molar-refractivity contribution in [3.8, 4) is 6.07 Å². The number of carbonyl (C=O) groups is 1. The van der Waals surface area contributed by atoms with Crippen LogP contribution in [0.2, 0.25) is 0 Å². The zero-order valence-corrected chi connectivity index (χ0v) is 17.4. The fraction of sp³-hybridized carbons (Fsp3) is 0.278. The van der Waals surface area contributed by atoms with E-state index in [9.17, 15) is 33.3 Å². The minimum atomic E-state index is -1.70. The third-order valence-corrected chi connectivity index (χ3v) is 5.12. The molecule has 1 aliphatic rings. The van der Waals surface area contributed by atoms with Gasteiger partial charge in [0.1, 0.15) is 12.2 Å². The number of nitrogens with two attached hydrogens (primary N) is 2. The first-order valence-corrected chi connectivity index (χ1v) is 9.82. The summed E-state index contributed by atoms with van der Waals surface area (Å²) in [5.41, 5.74) is 11.0. The van der Waals surface area contributed by atoms with Crippen molar-refractivity contribution in [1.82, 2.24) is 10.4 Å². The minimum Gasteiger partial charge on any atom is -0.397 e. The molecule has 4 unspecified atom stereocenters. The molecule has 0 aromatic heterocycles. The van der Waals surface area contributed by atoms with Crippen LogP contribution in [0.25, 0.3) is 5.70 Å². The van der Waals surface area contributed by atoms with Gasteiger partial charge in [0.05, 0.1) is 17.3 Å². The van der Waals surface area contributed by atoms with Crippen LogP contribution in [0, 0.1) is 34.2 Å². The van der Waals surface area contributed by atoms with Crippen molar-refractivity contribution in [2.75, 3.05) is 6.61 Å². The molecule has 0 saturated carbocycles. The highest BCUT2D eigenvalue weighted by Crippen LogP contribution is 2.27. The molecule has 1 aliphatic heterocycles. The second-order valence-electron chi connectivity index (χ2n) is 6.47. The van der Waals surface area contributed by atoms with Crippen LogP contribution in [0.5, 0.6) is 0 Å². The van der Waals surface area contributed by atoms with Gasteiger partial charge in [-0.1, -0.05) is 11.8 Å². The second kappa shape index (κ2) is 11.1. The van der Waals surface area contributed by atoms with Gasteiger partial charge in [-0.3, -0.25) is 15.2 Å². The molecule has 11 nitrogen and oxygen atoms in total. The molecule has 2 rings (SSSR count). The fourth-order valence-corrected chi connectivity index (χ4v) is 3.33. The number of hydrazine groups is 1. The molecule has 33 heavy (non-hydrogen) atoms. The lowest BCUT2D eigenvalue weighted by molar-refractivity contribution is -0.109. The quantitative estimate of drug-likeness (QED) is 0.143. The monoisotopic (exact) mass is 488 g/mol. The van der Waals surface area contributed by atoms with Gasteiger partial charge in [-0.05, 0) is 12.1 Å². The first-order chi connectivity index (χ1) is 15.5. The van der Waals surface area contributed by atoms with Gasteiger partial charge in [-0.2, -0.15) is 5.26 Å². The van der Waals surface area contributed by atoms with Gasteiger partial charge in [-0.25, -0.2) is 18.6 Å². The number of ether oxygens (including phenoxy) is 1. The predicted molar refractivity (Wildman–Crippen MR) is 109 cm³/mol. The highest BCUT2D eigenvalue weighted by molar-refractivity contribution is 8.03. The summed E-state index contributed by atoms with van der Waals surface area (Å²) in [5, 5.41) is 46.7. The zero-order valence-electron chi connectivity index (χ0n) is 16.6. The van der Waals surface area contributed by atoms with E-state index in [-0.39, 0.29) is 16.3 Å². The number of rotatable bonds is 7. The van der Waals surface area contributed by atoms with Crippen molar-refractivity contribution in [2.45, 2.75) is 24.0 Å². The van der Waals surface area contributed by atoms with Crippen molar-refractivity contribution in [2.24, 2.45) is 11.5 Å². The largest absolute Gasteiger partial charge is 0.397 e. The number of nitrogens with one attached hydrogen (secondary N) is 2. The summed E-state index contributed by atoms with van der Waals surface area (Å²) in [5.74, 6) is -5.69. The van der Waals surface area contributed by atoms with Crippen LogP contribution in [-0.2, 0) is 9.53 Å². The molecule has 0 aliphatic carbocycles. The first kappa shape index (κ1) is 26.1. The van der Waals surface area contributed by atoms with E-state index in [4.69, 9.17) is 26.9 Å². The summed E-state index contributed by atoms with van der Waals surface area (Å²) in [6.07, 6.45) is -3.03. The molecule has 0 radical (unpaired) electrons. The lowest BCUT2D eigenvalue weighted by Gasteiger charge is -2.28. The summed E-state index contributed by atoms with van der Waals surface area (Å²) in [6.45, 7) is -0.766. The number of carbonyl (C=O) groups excluding carboxylic acids is 1. The normalized spacial score (nSPS) is 24.2. The molecule has 1 heterocycles. The zero-order chi connectivity index (χ0) is 24.9. The summed E-state index contributed by atoms with van der Waals surface area (Å²) in [7, 11) is 0. The van der Waals surface area contributed by atoms with Gasteiger partial charge in [0, 0.05) is 17.8 Å². The Bertz CT molecular complexity index is 1010. The van der Waals surface area contributed by atoms with Gasteiger partial charge in [0.15, 0.2) is 41.1 Å². The molecule has 1 saturated heterocycles. The molecule has 9 N–H and O–H groups in total. The Morgan fingerprint density at radius 1 is 1.33 bits per heavy atom. The number of halogens is 3. The standard InChI is InChI=1S/C18H19F3N6O5S/c19-8-1-7(2-9(20)15(8)21)11(24)5-27-17(31)13(6-28)32-18(16(30)26-27)33-14(25)3-12(29)10(23)4-22/h1-3,5,13,16-18,23,26,28,30-31H,6,24-25H2/b11-5-,14-3?,23-10?. The summed E-state index contributed by atoms with van der Waals surface area (Å²) < 4.78 is 45.6. The van der Waals surface area contributed by atoms with E-state index in [1.165, 1.54) is 6.07 Å². The van der Waals surface area contributed by atoms with Crippen LogP contribution in [0.1, 0.15) is 5.56 Å². The Labute approximate surface area is 189 Å². The van der Waals surface area contributed by atoms with Crippen LogP contribution in [0.3, 0.4) is 0 Å². The third-order valence-electron chi connectivity index (χ3n) is 4.12. The van der Waals surface area contributed by atoms with E-state index < -0.39 is 59.5 Å². The Kier molecular flexibility index (Phi) is 8.82. The van der Waals surface area contributed by atoms with Crippen molar-refractivity contribution >= 4 is 29.0 Å². The van der Waals surface area contributed by atoms with E-state index in [0.717, 1.165) is 17.3 Å². The third kappa shape index (κ3) is 6.44. The number of thioether (sulfide) groups is 1. The van der Waals surface area contributed by atoms with Gasteiger partial charge >= 0.3 is 0 Å². The fourth-order valence-electron chi connectivity index (χ4n) is 2.50. The lowest BCUT2D eigenvalue weighted by atomic mass is 10.1. The van der Waals surface area contributed by atoms with Crippen LogP contribution in [-0.4, -0.2) is 62.4 Å². The average molecular weight is 488 g/mol. The number of hydrogen-bond donors (Lipinski definition) is 7. The molecule has 0 amide bonds. The predicted octanol–water partition coefficient (Wildman–Crippen LogP) is -0.833. The number of nitriles is 1. The SMILES string of the molecule is N#CC(=N)C(=O)C=C(N)SC1OC(CO)C(O)N(/C=C(\N)c2cc(F)c(F)c(F)c2)NC1O. The number of allylic oxidation sites excluding steroid dienone is 1. The highest BCUT2D eigenvalue weighted by Gasteiger charge is 2.37. The van der Waals surface area contributed by atoms with Crippen molar-refractivity contribution in [1.29, 1.82) is 10.7 Å². The average Bonchev–Trinajstić information content (AvgIpc) is 2.87. The van der Waals surface area contributed by atoms with Gasteiger partial charge in [-0.15, -0.1) is 0 Å². The molecule has 1 aromatic rings. The topological polar surface area (TPSA) is 202 Å². The van der Waals surface area contributed by atoms with E-state index in [1.54, 1.807) is 0 Å². The number of nitrogens with zero attached hydrogens (tertiary/aromatic N) is 2. The number of aliphatic hydroxyl groups is 3. The van der Waals surface area contributed by atoms with Gasteiger partial charge < -0.3 is 31.5 Å². The molecule has 0 spiro atoms. The maximum Gasteiger partial charge on any atom is 0.216 e. The van der Waals surface area contributed by atoms with E-state index in [2.05, 4.69) is 5.43 Å². The first-order valence-electron chi connectivity index (χ1n) is 8.94. The minimum absolute atomic E-state index is 0.252. The number of ketones is 1. The van der Waals surface area contributed by atoms with Crippen LogP contribution >= 0.6 is 11.8 Å². The van der Waals surface area contributed by atoms with Crippen LogP contribution < -0.4 is 16.9 Å². The summed E-state index contributed by atoms with van der Waals surface area (Å²) in [6, 6.07) is 2.57. The molecule has 1 aromatic carbocycles. The number of aliphatic hydroxyl groups excluding tert-OH is 3. The smallest absolute Gasteiger partial charge is 0.216 e. The summed E-state index contributed by atoms with van der Waals surface area (Å²) in [4.78, 5) is 11.6. The van der Waals surface area contributed by atoms with E-state index >= 15 is 0 Å². The van der Waals surface area contributed by atoms with Gasteiger partial charge in [0.25, 0.3) is 0 Å². The highest BCUT2D eigenvalue weighted by atomic mass is 32.2. The van der Waals surface area contributed by atoms with E-state index in [0.29, 0.717) is 23.9 Å². The maximum absolute atomic E-state index is 13.5.